The molecule has 20 heavy (non-hydrogen) atoms. The number of hydrogen-bond acceptors (Lipinski definition) is 2. The number of carbonyl (C=O) groups is 1. The van der Waals surface area contributed by atoms with E-state index in [1.54, 1.807) is 0 Å². The number of benzene rings is 1. The number of hydrogen-bond donors (Lipinski definition) is 0. The van der Waals surface area contributed by atoms with Crippen molar-refractivity contribution in [3.05, 3.63) is 40.4 Å². The first kappa shape index (κ1) is 13.6. The van der Waals surface area contributed by atoms with Gasteiger partial charge in [0.25, 0.3) is 0 Å². The normalized spacial score (nSPS) is 24.0. The maximum atomic E-state index is 12.9. The quantitative estimate of drug-likeness (QED) is 0.839. The van der Waals surface area contributed by atoms with Crippen LogP contribution in [-0.4, -0.2) is 21.6 Å². The lowest BCUT2D eigenvalue weighted by atomic mass is 10.0. The van der Waals surface area contributed by atoms with Crippen molar-refractivity contribution in [1.29, 1.82) is 0 Å². The fourth-order valence-electron chi connectivity index (χ4n) is 3.03. The summed E-state index contributed by atoms with van der Waals surface area (Å²) < 4.78 is 12.9. The molecule has 1 unspecified atom stereocenters. The van der Waals surface area contributed by atoms with E-state index in [1.807, 2.05) is 43.0 Å². The van der Waals surface area contributed by atoms with E-state index in [0.717, 1.165) is 40.4 Å². The molecule has 0 bridgehead atoms. The lowest BCUT2D eigenvalue weighted by Crippen LogP contribution is -2.34. The molecule has 3 nitrogen and oxygen atoms in total. The third kappa shape index (κ3) is 2.22. The Hall–Kier alpha value is -1.42. The van der Waals surface area contributed by atoms with Crippen LogP contribution in [0.3, 0.4) is 0 Å². The molecule has 2 heterocycles. The van der Waals surface area contributed by atoms with Gasteiger partial charge in [-0.05, 0) is 31.9 Å². The SMILES string of the molecule is Cc1ccc(S(=O)C2=C3CCCN3C(=O)C[C@H]2C)cc1. The predicted octanol–water partition coefficient (Wildman–Crippen LogP) is 2.98. The van der Waals surface area contributed by atoms with Crippen LogP contribution in [-0.2, 0) is 15.6 Å². The van der Waals surface area contributed by atoms with Crippen molar-refractivity contribution in [1.82, 2.24) is 4.90 Å². The maximum absolute atomic E-state index is 12.9. The van der Waals surface area contributed by atoms with Gasteiger partial charge in [-0.3, -0.25) is 4.79 Å². The molecule has 0 saturated carbocycles. The zero-order valence-electron chi connectivity index (χ0n) is 11.9. The first-order valence-electron chi connectivity index (χ1n) is 7.10. The highest BCUT2D eigenvalue weighted by Crippen LogP contribution is 2.38. The predicted molar refractivity (Wildman–Crippen MR) is 79.3 cm³/mol. The second-order valence-electron chi connectivity index (χ2n) is 5.65. The van der Waals surface area contributed by atoms with Gasteiger partial charge < -0.3 is 4.90 Å². The Balaban J connectivity index is 2.02. The highest BCUT2D eigenvalue weighted by molar-refractivity contribution is 7.89. The molecule has 4 heteroatoms. The number of allylic oxidation sites excluding steroid dienone is 2. The fraction of sp³-hybridized carbons (Fsp3) is 0.438. The molecule has 1 amide bonds. The first-order chi connectivity index (χ1) is 9.58. The number of amides is 1. The standard InChI is InChI=1S/C16H19NO2S/c1-11-5-7-13(8-6-11)20(19)16-12(2)10-15(18)17-9-3-4-14(16)17/h5-8,12H,3-4,9-10H2,1-2H3/t12-,20?/m1/s1. The number of carbonyl (C=O) groups excluding carboxylic acids is 1. The van der Waals surface area contributed by atoms with Gasteiger partial charge in [0, 0.05) is 34.4 Å². The third-order valence-corrected chi connectivity index (χ3v) is 5.81. The van der Waals surface area contributed by atoms with Crippen LogP contribution in [0.1, 0.15) is 31.7 Å². The maximum Gasteiger partial charge on any atom is 0.227 e. The molecule has 0 N–H and O–H groups in total. The van der Waals surface area contributed by atoms with Gasteiger partial charge in [0.1, 0.15) is 0 Å². The summed E-state index contributed by atoms with van der Waals surface area (Å²) in [5.41, 5.74) is 2.19. The summed E-state index contributed by atoms with van der Waals surface area (Å²) in [5, 5.41) is 0. The van der Waals surface area contributed by atoms with Crippen LogP contribution >= 0.6 is 0 Å². The molecule has 1 aromatic rings. The van der Waals surface area contributed by atoms with Crippen molar-refractivity contribution in [3.63, 3.8) is 0 Å². The minimum Gasteiger partial charge on any atom is -0.315 e. The van der Waals surface area contributed by atoms with Crippen molar-refractivity contribution >= 4 is 16.7 Å². The molecule has 0 aliphatic carbocycles. The second-order valence-corrected chi connectivity index (χ2v) is 7.10. The van der Waals surface area contributed by atoms with E-state index in [4.69, 9.17) is 0 Å². The van der Waals surface area contributed by atoms with Crippen molar-refractivity contribution < 1.29 is 9.00 Å². The van der Waals surface area contributed by atoms with Gasteiger partial charge in [-0.1, -0.05) is 24.6 Å². The van der Waals surface area contributed by atoms with Crippen molar-refractivity contribution in [3.8, 4) is 0 Å². The van der Waals surface area contributed by atoms with E-state index >= 15 is 0 Å². The van der Waals surface area contributed by atoms with Gasteiger partial charge in [0.2, 0.25) is 5.91 Å². The van der Waals surface area contributed by atoms with E-state index in [9.17, 15) is 9.00 Å². The zero-order valence-corrected chi connectivity index (χ0v) is 12.7. The Morgan fingerprint density at radius 2 is 1.95 bits per heavy atom. The van der Waals surface area contributed by atoms with Crippen LogP contribution in [0, 0.1) is 12.8 Å². The Bertz CT molecular complexity index is 603. The molecule has 2 aliphatic rings. The molecule has 1 saturated heterocycles. The lowest BCUT2D eigenvalue weighted by molar-refractivity contribution is -0.130. The molecule has 106 valence electrons. The largest absolute Gasteiger partial charge is 0.315 e. The Labute approximate surface area is 122 Å². The number of aryl methyl sites for hydroxylation is 1. The van der Waals surface area contributed by atoms with E-state index in [1.165, 1.54) is 0 Å². The average molecular weight is 289 g/mol. The number of nitrogens with zero attached hydrogens (tertiary/aromatic N) is 1. The summed E-state index contributed by atoms with van der Waals surface area (Å²) >= 11 is 0. The Morgan fingerprint density at radius 1 is 1.25 bits per heavy atom. The molecule has 2 atom stereocenters. The van der Waals surface area contributed by atoms with Crippen molar-refractivity contribution in [2.45, 2.75) is 38.0 Å². The Kier molecular flexibility index (Phi) is 3.50. The van der Waals surface area contributed by atoms with Gasteiger partial charge in [-0.2, -0.15) is 0 Å². The summed E-state index contributed by atoms with van der Waals surface area (Å²) in [4.78, 5) is 15.7. The number of rotatable bonds is 2. The van der Waals surface area contributed by atoms with E-state index in [2.05, 4.69) is 0 Å². The molecule has 1 aromatic carbocycles. The summed E-state index contributed by atoms with van der Waals surface area (Å²) in [6.45, 7) is 4.83. The molecule has 0 radical (unpaired) electrons. The molecule has 0 aromatic heterocycles. The van der Waals surface area contributed by atoms with Gasteiger partial charge in [0.15, 0.2) is 0 Å². The summed E-state index contributed by atoms with van der Waals surface area (Å²) in [6.07, 6.45) is 2.35. The molecule has 1 fully saturated rings. The molecular weight excluding hydrogens is 270 g/mol. The highest BCUT2D eigenvalue weighted by atomic mass is 32.2. The van der Waals surface area contributed by atoms with Crippen LogP contribution in [0.15, 0.2) is 39.8 Å². The first-order valence-corrected chi connectivity index (χ1v) is 8.25. The van der Waals surface area contributed by atoms with Gasteiger partial charge in [-0.25, -0.2) is 4.21 Å². The summed E-state index contributed by atoms with van der Waals surface area (Å²) in [5.74, 6) is 0.267. The van der Waals surface area contributed by atoms with Gasteiger partial charge in [-0.15, -0.1) is 0 Å². The van der Waals surface area contributed by atoms with Crippen LogP contribution < -0.4 is 0 Å². The van der Waals surface area contributed by atoms with Crippen molar-refractivity contribution in [2.75, 3.05) is 6.54 Å². The smallest absolute Gasteiger partial charge is 0.227 e. The van der Waals surface area contributed by atoms with Crippen LogP contribution in [0.4, 0.5) is 0 Å². The molecule has 2 aliphatic heterocycles. The van der Waals surface area contributed by atoms with Crippen LogP contribution in [0.2, 0.25) is 0 Å². The summed E-state index contributed by atoms with van der Waals surface area (Å²) in [6, 6.07) is 7.84. The van der Waals surface area contributed by atoms with Crippen LogP contribution in [0.25, 0.3) is 0 Å². The van der Waals surface area contributed by atoms with E-state index in [0.29, 0.717) is 6.42 Å². The topological polar surface area (TPSA) is 37.4 Å². The minimum atomic E-state index is -1.15. The van der Waals surface area contributed by atoms with Crippen molar-refractivity contribution in [2.24, 2.45) is 5.92 Å². The van der Waals surface area contributed by atoms with Gasteiger partial charge in [0.05, 0.1) is 10.8 Å². The van der Waals surface area contributed by atoms with Crippen LogP contribution in [0.5, 0.6) is 0 Å². The Morgan fingerprint density at radius 3 is 2.65 bits per heavy atom. The zero-order chi connectivity index (χ0) is 14.3. The van der Waals surface area contributed by atoms with E-state index < -0.39 is 10.8 Å². The van der Waals surface area contributed by atoms with E-state index in [-0.39, 0.29) is 11.8 Å². The molecule has 0 spiro atoms. The summed E-state index contributed by atoms with van der Waals surface area (Å²) in [7, 11) is -1.15. The lowest BCUT2D eigenvalue weighted by Gasteiger charge is -2.30. The fourth-order valence-corrected chi connectivity index (χ4v) is 4.55. The minimum absolute atomic E-state index is 0.0778. The average Bonchev–Trinajstić information content (AvgIpc) is 2.88. The number of fused-ring (bicyclic) bond motifs is 1. The highest BCUT2D eigenvalue weighted by Gasteiger charge is 2.36. The third-order valence-electron chi connectivity index (χ3n) is 4.07. The van der Waals surface area contributed by atoms with Gasteiger partial charge >= 0.3 is 0 Å². The molecule has 3 rings (SSSR count). The molecular formula is C16H19NO2S. The monoisotopic (exact) mass is 289 g/mol. The second kappa shape index (κ2) is 5.17.